The van der Waals surface area contributed by atoms with Crippen molar-refractivity contribution in [1.29, 1.82) is 0 Å². The minimum atomic E-state index is -1.15. The van der Waals surface area contributed by atoms with E-state index in [1.54, 1.807) is 0 Å². The van der Waals surface area contributed by atoms with Gasteiger partial charge in [-0.15, -0.1) is 0 Å². The van der Waals surface area contributed by atoms with E-state index < -0.39 is 11.0 Å². The smallest absolute Gasteiger partial charge is 0.186 e. The zero-order valence-corrected chi connectivity index (χ0v) is 15.9. The van der Waals surface area contributed by atoms with Crippen LogP contribution in [0.15, 0.2) is 49.3 Å². The Balaban J connectivity index is 2.05. The third-order valence-corrected chi connectivity index (χ3v) is 4.44. The number of aromatic nitrogens is 2. The molecule has 0 spiro atoms. The Hall–Kier alpha value is -2.23. The van der Waals surface area contributed by atoms with Gasteiger partial charge in [0.1, 0.15) is 5.82 Å². The van der Waals surface area contributed by atoms with Crippen molar-refractivity contribution < 1.29 is 24.7 Å². The maximum atomic E-state index is 13.3. The molecule has 1 unspecified atom stereocenters. The van der Waals surface area contributed by atoms with Gasteiger partial charge in [0.2, 0.25) is 0 Å². The van der Waals surface area contributed by atoms with Crippen LogP contribution >= 0.6 is 27.7 Å². The van der Waals surface area contributed by atoms with E-state index >= 15 is 0 Å². The molecule has 11 nitrogen and oxygen atoms in total. The zero-order chi connectivity index (χ0) is 19.8. The Morgan fingerprint density at radius 1 is 1.52 bits per heavy atom. The van der Waals surface area contributed by atoms with Crippen molar-refractivity contribution in [1.82, 2.24) is 21.1 Å². The topological polar surface area (TPSA) is 169 Å². The molecule has 146 valence electrons. The SMILES string of the molecule is N/C(=C\[NH+]([O-])O)NCCSc1nonc1C(=Nc1ccc(F)c(Br)c1)NO. The summed E-state index contributed by atoms with van der Waals surface area (Å²) in [7, 11) is 0. The van der Waals surface area contributed by atoms with Gasteiger partial charge in [-0.3, -0.25) is 10.7 Å². The number of rotatable bonds is 8. The Kier molecular flexibility index (Phi) is 7.96. The van der Waals surface area contributed by atoms with Gasteiger partial charge in [0, 0.05) is 12.3 Å². The molecule has 0 saturated heterocycles. The number of hydroxylamine groups is 3. The zero-order valence-electron chi connectivity index (χ0n) is 13.5. The van der Waals surface area contributed by atoms with Crippen molar-refractivity contribution in [2.24, 2.45) is 10.7 Å². The molecule has 0 aliphatic heterocycles. The number of benzene rings is 1. The first-order valence-electron chi connectivity index (χ1n) is 7.24. The summed E-state index contributed by atoms with van der Waals surface area (Å²) >= 11 is 4.27. The first-order chi connectivity index (χ1) is 12.9. The molecule has 1 heterocycles. The van der Waals surface area contributed by atoms with E-state index in [1.807, 2.05) is 5.48 Å². The van der Waals surface area contributed by atoms with E-state index in [1.165, 1.54) is 30.0 Å². The molecule has 2 rings (SSSR count). The van der Waals surface area contributed by atoms with Crippen LogP contribution in [0.4, 0.5) is 10.1 Å². The van der Waals surface area contributed by atoms with Gasteiger partial charge in [0.25, 0.3) is 0 Å². The third kappa shape index (κ3) is 6.46. The first kappa shape index (κ1) is 21.1. The molecule has 14 heteroatoms. The van der Waals surface area contributed by atoms with Crippen LogP contribution in [0.25, 0.3) is 0 Å². The van der Waals surface area contributed by atoms with Crippen LogP contribution < -0.4 is 21.8 Å². The molecule has 0 saturated carbocycles. The maximum Gasteiger partial charge on any atom is 0.186 e. The first-order valence-corrected chi connectivity index (χ1v) is 9.02. The molecule has 0 aliphatic carbocycles. The Labute approximate surface area is 164 Å². The highest BCUT2D eigenvalue weighted by atomic mass is 79.9. The van der Waals surface area contributed by atoms with Crippen molar-refractivity contribution in [3.8, 4) is 0 Å². The van der Waals surface area contributed by atoms with Gasteiger partial charge < -0.3 is 16.3 Å². The Bertz CT molecular complexity index is 833. The lowest BCUT2D eigenvalue weighted by molar-refractivity contribution is -1.00. The minimum absolute atomic E-state index is 0.0164. The number of hydrogen-bond acceptors (Lipinski definition) is 10. The molecule has 0 aliphatic rings. The third-order valence-electron chi connectivity index (χ3n) is 2.88. The second-order valence-electron chi connectivity index (χ2n) is 4.80. The van der Waals surface area contributed by atoms with Crippen LogP contribution in [-0.4, -0.2) is 38.9 Å². The fourth-order valence-electron chi connectivity index (χ4n) is 1.76. The molecule has 1 aromatic carbocycles. The molecule has 1 atom stereocenters. The molecular weight excluding hydrogens is 449 g/mol. The standard InChI is InChI=1S/C13H15BrFN7O4S/c14-8-5-7(1-2-9(8)15)18-12(19-23)11-13(21-26-20-11)27-4-3-17-10(16)6-22(24)25/h1-2,5-6,17,22-24H,3-4,16H2,(H,18,19)/b10-6+. The lowest BCUT2D eigenvalue weighted by Gasteiger charge is -2.09. The van der Waals surface area contributed by atoms with Gasteiger partial charge in [-0.05, 0) is 44.4 Å². The van der Waals surface area contributed by atoms with Crippen LogP contribution in [0.3, 0.4) is 0 Å². The monoisotopic (exact) mass is 463 g/mol. The van der Waals surface area contributed by atoms with Crippen LogP contribution in [-0.2, 0) is 0 Å². The van der Waals surface area contributed by atoms with Gasteiger partial charge in [-0.1, -0.05) is 11.8 Å². The van der Waals surface area contributed by atoms with E-state index in [9.17, 15) is 14.8 Å². The average molecular weight is 464 g/mol. The van der Waals surface area contributed by atoms with Crippen molar-refractivity contribution >= 4 is 39.2 Å². The van der Waals surface area contributed by atoms with Gasteiger partial charge in [0.05, 0.1) is 10.2 Å². The summed E-state index contributed by atoms with van der Waals surface area (Å²) in [5.41, 5.74) is 7.88. The molecule has 0 amide bonds. The summed E-state index contributed by atoms with van der Waals surface area (Å²) in [6.45, 7) is 0.344. The number of halogens is 2. The largest absolute Gasteiger partial charge is 0.595 e. The van der Waals surface area contributed by atoms with E-state index in [2.05, 4.69) is 41.2 Å². The normalized spacial score (nSPS) is 13.5. The number of nitrogens with one attached hydrogen (secondary N) is 3. The Morgan fingerprint density at radius 2 is 2.30 bits per heavy atom. The second kappa shape index (κ2) is 10.2. The minimum Gasteiger partial charge on any atom is -0.595 e. The predicted molar refractivity (Wildman–Crippen MR) is 96.6 cm³/mol. The maximum absolute atomic E-state index is 13.3. The highest BCUT2D eigenvalue weighted by molar-refractivity contribution is 9.10. The fourth-order valence-corrected chi connectivity index (χ4v) is 2.88. The van der Waals surface area contributed by atoms with Crippen molar-refractivity contribution in [2.75, 3.05) is 12.3 Å². The summed E-state index contributed by atoms with van der Waals surface area (Å²) in [5, 5.41) is 37.7. The Morgan fingerprint density at radius 3 is 2.96 bits per heavy atom. The number of quaternary nitrogens is 1. The van der Waals surface area contributed by atoms with E-state index in [4.69, 9.17) is 10.9 Å². The van der Waals surface area contributed by atoms with Crippen molar-refractivity contribution in [3.05, 3.63) is 51.4 Å². The van der Waals surface area contributed by atoms with E-state index in [0.717, 1.165) is 6.20 Å². The molecular formula is C13H15BrFN7O4S. The second-order valence-corrected chi connectivity index (χ2v) is 6.74. The van der Waals surface area contributed by atoms with Gasteiger partial charge in [-0.25, -0.2) is 19.2 Å². The lowest BCUT2D eigenvalue weighted by atomic mass is 10.3. The number of nitrogens with two attached hydrogens (primary N) is 1. The number of hydrogen-bond donors (Lipinski definition) is 6. The average Bonchev–Trinajstić information content (AvgIpc) is 3.07. The van der Waals surface area contributed by atoms with E-state index in [0.29, 0.717) is 23.0 Å². The quantitative estimate of drug-likeness (QED) is 0.105. The lowest BCUT2D eigenvalue weighted by Crippen LogP contribution is -2.99. The molecule has 1 aromatic heterocycles. The highest BCUT2D eigenvalue weighted by Crippen LogP contribution is 2.24. The summed E-state index contributed by atoms with van der Waals surface area (Å²) < 4.78 is 18.2. The van der Waals surface area contributed by atoms with Gasteiger partial charge in [-0.2, -0.15) is 5.23 Å². The van der Waals surface area contributed by atoms with Crippen LogP contribution in [0, 0.1) is 11.0 Å². The molecule has 0 fully saturated rings. The van der Waals surface area contributed by atoms with Crippen molar-refractivity contribution in [3.63, 3.8) is 0 Å². The van der Waals surface area contributed by atoms with E-state index in [-0.39, 0.29) is 21.8 Å². The highest BCUT2D eigenvalue weighted by Gasteiger charge is 2.17. The summed E-state index contributed by atoms with van der Waals surface area (Å²) in [5.74, 6) is -0.0373. The molecule has 2 aromatic rings. The van der Waals surface area contributed by atoms with Gasteiger partial charge >= 0.3 is 0 Å². The predicted octanol–water partition coefficient (Wildman–Crippen LogP) is 0.240. The van der Waals surface area contributed by atoms with Crippen LogP contribution in [0.5, 0.6) is 0 Å². The summed E-state index contributed by atoms with van der Waals surface area (Å²) in [6, 6.07) is 4.06. The number of nitrogens with zero attached hydrogens (tertiary/aromatic N) is 3. The van der Waals surface area contributed by atoms with Crippen LogP contribution in [0.1, 0.15) is 5.69 Å². The van der Waals surface area contributed by atoms with Crippen LogP contribution in [0.2, 0.25) is 0 Å². The molecule has 27 heavy (non-hydrogen) atoms. The molecule has 0 bridgehead atoms. The molecule has 0 radical (unpaired) electrons. The summed E-state index contributed by atoms with van der Waals surface area (Å²) in [4.78, 5) is 4.14. The van der Waals surface area contributed by atoms with Gasteiger partial charge in [0.15, 0.2) is 28.6 Å². The fraction of sp³-hybridized carbons (Fsp3) is 0.154. The molecule has 7 N–H and O–H groups in total. The number of amidine groups is 1. The number of thioether (sulfide) groups is 1. The summed E-state index contributed by atoms with van der Waals surface area (Å²) in [6.07, 6.45) is 0.842. The number of aliphatic imine (C=N–C) groups is 1. The van der Waals surface area contributed by atoms with Crippen molar-refractivity contribution in [2.45, 2.75) is 5.03 Å².